The van der Waals surface area contributed by atoms with Gasteiger partial charge in [-0.3, -0.25) is 24.1 Å². The quantitative estimate of drug-likeness (QED) is 0.436. The molecule has 1 N–H and O–H groups in total. The molecule has 8 nitrogen and oxygen atoms in total. The minimum Gasteiger partial charge on any atom is -0.427 e. The molecule has 0 bridgehead atoms. The first-order valence-electron chi connectivity index (χ1n) is 10.2. The van der Waals surface area contributed by atoms with Crippen LogP contribution in [0.4, 0.5) is 5.69 Å². The van der Waals surface area contributed by atoms with Crippen molar-refractivity contribution in [2.45, 2.75) is 32.3 Å². The third kappa shape index (κ3) is 4.34. The number of esters is 1. The van der Waals surface area contributed by atoms with Crippen LogP contribution in [0.1, 0.15) is 57.3 Å². The zero-order valence-corrected chi connectivity index (χ0v) is 17.1. The van der Waals surface area contributed by atoms with E-state index in [1.807, 2.05) is 0 Å². The molecule has 2 heterocycles. The van der Waals surface area contributed by atoms with Gasteiger partial charge in [-0.15, -0.1) is 0 Å². The standard InChI is InChI=1S/C23H22N2O6/c1-2-20(26)31-16-6-3-5-14(11-16)21(27)24-15-8-9-18-19(12-15)23(29)25(22(18)28)13-17-7-4-10-30-17/h3,5-6,8-9,11-12,17H,2,4,7,10,13H2,1H3,(H,24,27). The number of hydrogen-bond donors (Lipinski definition) is 1. The van der Waals surface area contributed by atoms with E-state index >= 15 is 0 Å². The number of amides is 3. The maximum Gasteiger partial charge on any atom is 0.310 e. The molecular formula is C23H22N2O6. The first-order chi connectivity index (χ1) is 15.0. The van der Waals surface area contributed by atoms with Gasteiger partial charge in [0, 0.05) is 24.3 Å². The molecule has 1 saturated heterocycles. The summed E-state index contributed by atoms with van der Waals surface area (Å²) in [4.78, 5) is 50.7. The van der Waals surface area contributed by atoms with Gasteiger partial charge in [0.15, 0.2) is 0 Å². The van der Waals surface area contributed by atoms with Crippen molar-refractivity contribution in [3.8, 4) is 5.75 Å². The molecule has 1 fully saturated rings. The van der Waals surface area contributed by atoms with Crippen LogP contribution in [0.2, 0.25) is 0 Å². The van der Waals surface area contributed by atoms with E-state index in [1.54, 1.807) is 37.3 Å². The number of benzene rings is 2. The van der Waals surface area contributed by atoms with E-state index in [4.69, 9.17) is 9.47 Å². The first-order valence-corrected chi connectivity index (χ1v) is 10.2. The third-order valence-electron chi connectivity index (χ3n) is 5.26. The van der Waals surface area contributed by atoms with Gasteiger partial charge in [0.05, 0.1) is 23.8 Å². The monoisotopic (exact) mass is 422 g/mol. The Morgan fingerprint density at radius 1 is 1.13 bits per heavy atom. The molecule has 3 amide bonds. The number of imide groups is 1. The Morgan fingerprint density at radius 3 is 2.68 bits per heavy atom. The second kappa shape index (κ2) is 8.69. The zero-order chi connectivity index (χ0) is 22.0. The molecular weight excluding hydrogens is 400 g/mol. The molecule has 4 rings (SSSR count). The molecule has 31 heavy (non-hydrogen) atoms. The SMILES string of the molecule is CCC(=O)Oc1cccc(C(=O)Nc2ccc3c(c2)C(=O)N(CC2CCCO2)C3=O)c1. The smallest absolute Gasteiger partial charge is 0.310 e. The summed E-state index contributed by atoms with van der Waals surface area (Å²) in [6.07, 6.45) is 1.84. The van der Waals surface area contributed by atoms with Crippen molar-refractivity contribution in [2.24, 2.45) is 0 Å². The summed E-state index contributed by atoms with van der Waals surface area (Å²) in [6.45, 7) is 2.56. The topological polar surface area (TPSA) is 102 Å². The highest BCUT2D eigenvalue weighted by atomic mass is 16.5. The Labute approximate surface area is 179 Å². The highest BCUT2D eigenvalue weighted by Crippen LogP contribution is 2.28. The van der Waals surface area contributed by atoms with E-state index in [1.165, 1.54) is 17.0 Å². The number of rotatable bonds is 6. The van der Waals surface area contributed by atoms with E-state index in [9.17, 15) is 19.2 Å². The lowest BCUT2D eigenvalue weighted by molar-refractivity contribution is -0.134. The van der Waals surface area contributed by atoms with Crippen LogP contribution in [0.3, 0.4) is 0 Å². The van der Waals surface area contributed by atoms with E-state index in [-0.39, 0.29) is 42.2 Å². The van der Waals surface area contributed by atoms with Crippen molar-refractivity contribution >= 4 is 29.4 Å². The summed E-state index contributed by atoms with van der Waals surface area (Å²) in [5.74, 6) is -1.29. The summed E-state index contributed by atoms with van der Waals surface area (Å²) in [5, 5.41) is 2.72. The molecule has 0 aromatic heterocycles. The normalized spacial score (nSPS) is 17.6. The van der Waals surface area contributed by atoms with Gasteiger partial charge in [0.1, 0.15) is 5.75 Å². The van der Waals surface area contributed by atoms with Gasteiger partial charge in [0.2, 0.25) is 0 Å². The van der Waals surface area contributed by atoms with Crippen molar-refractivity contribution in [3.05, 3.63) is 59.2 Å². The summed E-state index contributed by atoms with van der Waals surface area (Å²) in [6, 6.07) is 10.9. The lowest BCUT2D eigenvalue weighted by Crippen LogP contribution is -2.36. The van der Waals surface area contributed by atoms with Crippen LogP contribution >= 0.6 is 0 Å². The summed E-state index contributed by atoms with van der Waals surface area (Å²) in [7, 11) is 0. The van der Waals surface area contributed by atoms with Crippen LogP contribution in [0.15, 0.2) is 42.5 Å². The number of ether oxygens (including phenoxy) is 2. The fraction of sp³-hybridized carbons (Fsp3) is 0.304. The van der Waals surface area contributed by atoms with Crippen molar-refractivity contribution in [1.29, 1.82) is 0 Å². The van der Waals surface area contributed by atoms with Crippen molar-refractivity contribution in [1.82, 2.24) is 4.90 Å². The number of fused-ring (bicyclic) bond motifs is 1. The lowest BCUT2D eigenvalue weighted by Gasteiger charge is -2.17. The zero-order valence-electron chi connectivity index (χ0n) is 17.1. The van der Waals surface area contributed by atoms with Gasteiger partial charge in [0.25, 0.3) is 17.7 Å². The van der Waals surface area contributed by atoms with Gasteiger partial charge in [-0.2, -0.15) is 0 Å². The van der Waals surface area contributed by atoms with Crippen LogP contribution in [0, 0.1) is 0 Å². The predicted molar refractivity (Wildman–Crippen MR) is 111 cm³/mol. The van der Waals surface area contributed by atoms with Crippen LogP contribution in [0.5, 0.6) is 5.75 Å². The van der Waals surface area contributed by atoms with Gasteiger partial charge in [-0.05, 0) is 49.2 Å². The average Bonchev–Trinajstić information content (AvgIpc) is 3.37. The van der Waals surface area contributed by atoms with E-state index in [0.29, 0.717) is 23.4 Å². The van der Waals surface area contributed by atoms with Gasteiger partial charge >= 0.3 is 5.97 Å². The second-order valence-corrected chi connectivity index (χ2v) is 7.43. The summed E-state index contributed by atoms with van der Waals surface area (Å²) >= 11 is 0. The van der Waals surface area contributed by atoms with Crippen molar-refractivity contribution in [3.63, 3.8) is 0 Å². The molecule has 0 spiro atoms. The molecule has 0 aliphatic carbocycles. The van der Waals surface area contributed by atoms with Crippen LogP contribution in [0.25, 0.3) is 0 Å². The largest absolute Gasteiger partial charge is 0.427 e. The molecule has 1 atom stereocenters. The third-order valence-corrected chi connectivity index (χ3v) is 5.26. The molecule has 0 saturated carbocycles. The summed E-state index contributed by atoms with van der Waals surface area (Å²) in [5.41, 5.74) is 1.25. The molecule has 2 aliphatic heterocycles. The molecule has 160 valence electrons. The lowest BCUT2D eigenvalue weighted by atomic mass is 10.1. The van der Waals surface area contributed by atoms with Crippen LogP contribution in [-0.2, 0) is 9.53 Å². The molecule has 1 unspecified atom stereocenters. The van der Waals surface area contributed by atoms with E-state index < -0.39 is 11.9 Å². The fourth-order valence-electron chi connectivity index (χ4n) is 3.63. The number of carbonyl (C=O) groups excluding carboxylic acids is 4. The average molecular weight is 422 g/mol. The second-order valence-electron chi connectivity index (χ2n) is 7.43. The Balaban J connectivity index is 1.48. The predicted octanol–water partition coefficient (Wildman–Crippen LogP) is 3.03. The maximum atomic E-state index is 12.8. The van der Waals surface area contributed by atoms with Gasteiger partial charge < -0.3 is 14.8 Å². The van der Waals surface area contributed by atoms with Crippen molar-refractivity contribution in [2.75, 3.05) is 18.5 Å². The minimum atomic E-state index is -0.428. The van der Waals surface area contributed by atoms with E-state index in [2.05, 4.69) is 5.32 Å². The highest BCUT2D eigenvalue weighted by Gasteiger charge is 2.37. The van der Waals surface area contributed by atoms with E-state index in [0.717, 1.165) is 12.8 Å². The number of anilines is 1. The first kappa shape index (κ1) is 20.7. The van der Waals surface area contributed by atoms with Crippen LogP contribution in [-0.4, -0.2) is 47.8 Å². The molecule has 2 aromatic rings. The van der Waals surface area contributed by atoms with Crippen molar-refractivity contribution < 1.29 is 28.7 Å². The highest BCUT2D eigenvalue weighted by molar-refractivity contribution is 6.22. The fourth-order valence-corrected chi connectivity index (χ4v) is 3.63. The minimum absolute atomic E-state index is 0.129. The Morgan fingerprint density at radius 2 is 1.94 bits per heavy atom. The maximum absolute atomic E-state index is 12.8. The molecule has 8 heteroatoms. The van der Waals surface area contributed by atoms with Gasteiger partial charge in [-0.25, -0.2) is 0 Å². The Hall–Kier alpha value is -3.52. The Kier molecular flexibility index (Phi) is 5.81. The number of carbonyl (C=O) groups is 4. The number of nitrogens with zero attached hydrogens (tertiary/aromatic N) is 1. The Bertz CT molecular complexity index is 1060. The number of nitrogens with one attached hydrogen (secondary N) is 1. The summed E-state index contributed by atoms with van der Waals surface area (Å²) < 4.78 is 10.7. The molecule has 0 radical (unpaired) electrons. The number of hydrogen-bond acceptors (Lipinski definition) is 6. The van der Waals surface area contributed by atoms with Gasteiger partial charge in [-0.1, -0.05) is 13.0 Å². The molecule has 2 aliphatic rings. The van der Waals surface area contributed by atoms with Crippen LogP contribution < -0.4 is 10.1 Å². The molecule has 2 aromatic carbocycles.